The van der Waals surface area contributed by atoms with E-state index in [4.69, 9.17) is 9.47 Å². The maximum atomic E-state index is 10.5. The average Bonchev–Trinajstić information content (AvgIpc) is 2.68. The van der Waals surface area contributed by atoms with E-state index in [1.165, 1.54) is 0 Å². The zero-order chi connectivity index (χ0) is 20.1. The molecule has 0 radical (unpaired) electrons. The van der Waals surface area contributed by atoms with Crippen LogP contribution in [0.5, 0.6) is 5.75 Å². The Morgan fingerprint density at radius 1 is 1.11 bits per heavy atom. The van der Waals surface area contributed by atoms with Crippen molar-refractivity contribution in [2.75, 3.05) is 32.9 Å². The van der Waals surface area contributed by atoms with Gasteiger partial charge in [-0.1, -0.05) is 26.0 Å². The summed E-state index contributed by atoms with van der Waals surface area (Å²) in [4.78, 5) is 4.66. The molecule has 6 nitrogen and oxygen atoms in total. The first-order chi connectivity index (χ1) is 13.0. The Morgan fingerprint density at radius 3 is 2.48 bits per heavy atom. The van der Waals surface area contributed by atoms with Crippen LogP contribution in [0.4, 0.5) is 0 Å². The molecule has 27 heavy (non-hydrogen) atoms. The molecule has 0 fully saturated rings. The Morgan fingerprint density at radius 2 is 1.85 bits per heavy atom. The van der Waals surface area contributed by atoms with Crippen molar-refractivity contribution in [2.24, 2.45) is 4.99 Å². The van der Waals surface area contributed by atoms with Crippen LogP contribution in [-0.2, 0) is 11.3 Å². The van der Waals surface area contributed by atoms with Crippen LogP contribution in [0.2, 0.25) is 0 Å². The second kappa shape index (κ2) is 12.6. The first kappa shape index (κ1) is 23.2. The first-order valence-electron chi connectivity index (χ1n) is 10.0. The first-order valence-corrected chi connectivity index (χ1v) is 10.0. The van der Waals surface area contributed by atoms with Crippen LogP contribution in [0.3, 0.4) is 0 Å². The van der Waals surface area contributed by atoms with Gasteiger partial charge in [0.05, 0.1) is 18.8 Å². The normalized spacial score (nSPS) is 12.1. The van der Waals surface area contributed by atoms with Gasteiger partial charge in [0.1, 0.15) is 12.4 Å². The number of benzene rings is 1. The van der Waals surface area contributed by atoms with Gasteiger partial charge in [0.25, 0.3) is 0 Å². The molecule has 1 aromatic carbocycles. The third kappa shape index (κ3) is 8.63. The van der Waals surface area contributed by atoms with Crippen LogP contribution in [0.1, 0.15) is 51.7 Å². The average molecular weight is 380 g/mol. The summed E-state index contributed by atoms with van der Waals surface area (Å²) in [6, 6.07) is 6.14. The predicted molar refractivity (Wildman–Crippen MR) is 112 cm³/mol. The highest BCUT2D eigenvalue weighted by Crippen LogP contribution is 2.21. The Balaban J connectivity index is 2.79. The van der Waals surface area contributed by atoms with Gasteiger partial charge in [0, 0.05) is 25.3 Å². The standard InChI is InChI=1S/C21H37N3O3/c1-6-21(25,7-2)16-24-20(22-8-3)23-15-18-11-10-17(5)14-19(18)27-13-12-26-9-4/h10-11,14,25H,6-9,12-13,15-16H2,1-5H3,(H2,22,23,24). The highest BCUT2D eigenvalue weighted by atomic mass is 16.5. The zero-order valence-electron chi connectivity index (χ0n) is 17.6. The summed E-state index contributed by atoms with van der Waals surface area (Å²) in [5.74, 6) is 1.53. The van der Waals surface area contributed by atoms with E-state index >= 15 is 0 Å². The fraction of sp³-hybridized carbons (Fsp3) is 0.667. The van der Waals surface area contributed by atoms with E-state index in [9.17, 15) is 5.11 Å². The Kier molecular flexibility index (Phi) is 10.8. The summed E-state index contributed by atoms with van der Waals surface area (Å²) >= 11 is 0. The lowest BCUT2D eigenvalue weighted by Crippen LogP contribution is -2.46. The summed E-state index contributed by atoms with van der Waals surface area (Å²) in [7, 11) is 0. The molecule has 0 amide bonds. The predicted octanol–water partition coefficient (Wildman–Crippen LogP) is 3.02. The molecule has 0 unspecified atom stereocenters. The molecule has 0 aromatic heterocycles. The van der Waals surface area contributed by atoms with Crippen LogP contribution in [0.25, 0.3) is 0 Å². The molecular weight excluding hydrogens is 342 g/mol. The molecule has 0 atom stereocenters. The van der Waals surface area contributed by atoms with Crippen molar-refractivity contribution >= 4 is 5.96 Å². The van der Waals surface area contributed by atoms with E-state index in [2.05, 4.69) is 21.7 Å². The van der Waals surface area contributed by atoms with Gasteiger partial charge >= 0.3 is 0 Å². The Labute approximate surface area is 164 Å². The topological polar surface area (TPSA) is 75.1 Å². The van der Waals surface area contributed by atoms with E-state index < -0.39 is 5.60 Å². The number of nitrogens with zero attached hydrogens (tertiary/aromatic N) is 1. The Hall–Kier alpha value is -1.79. The molecule has 154 valence electrons. The van der Waals surface area contributed by atoms with E-state index in [1.807, 2.05) is 46.8 Å². The smallest absolute Gasteiger partial charge is 0.191 e. The molecular formula is C21H37N3O3. The largest absolute Gasteiger partial charge is 0.491 e. The number of ether oxygens (including phenoxy) is 2. The van der Waals surface area contributed by atoms with Gasteiger partial charge in [-0.3, -0.25) is 0 Å². The van der Waals surface area contributed by atoms with Gasteiger partial charge in [-0.15, -0.1) is 0 Å². The lowest BCUT2D eigenvalue weighted by molar-refractivity contribution is 0.0367. The molecule has 0 aliphatic rings. The second-order valence-electron chi connectivity index (χ2n) is 6.64. The lowest BCUT2D eigenvalue weighted by atomic mass is 9.98. The summed E-state index contributed by atoms with van der Waals surface area (Å²) in [5.41, 5.74) is 1.46. The number of rotatable bonds is 12. The molecule has 0 spiro atoms. The molecule has 6 heteroatoms. The second-order valence-corrected chi connectivity index (χ2v) is 6.64. The van der Waals surface area contributed by atoms with Crippen molar-refractivity contribution in [3.63, 3.8) is 0 Å². The highest BCUT2D eigenvalue weighted by molar-refractivity contribution is 5.79. The molecule has 0 heterocycles. The third-order valence-electron chi connectivity index (χ3n) is 4.56. The minimum atomic E-state index is -0.715. The summed E-state index contributed by atoms with van der Waals surface area (Å²) in [6.07, 6.45) is 1.40. The van der Waals surface area contributed by atoms with Crippen molar-refractivity contribution < 1.29 is 14.6 Å². The number of hydrogen-bond donors (Lipinski definition) is 3. The van der Waals surface area contributed by atoms with Crippen molar-refractivity contribution in [1.82, 2.24) is 10.6 Å². The van der Waals surface area contributed by atoms with Crippen molar-refractivity contribution in [2.45, 2.75) is 59.6 Å². The molecule has 1 rings (SSSR count). The number of aryl methyl sites for hydroxylation is 1. The van der Waals surface area contributed by atoms with E-state index in [-0.39, 0.29) is 0 Å². The van der Waals surface area contributed by atoms with Crippen LogP contribution < -0.4 is 15.4 Å². The molecule has 0 saturated carbocycles. The minimum absolute atomic E-state index is 0.470. The summed E-state index contributed by atoms with van der Waals surface area (Å²) in [5, 5.41) is 17.0. The van der Waals surface area contributed by atoms with Gasteiger partial charge in [0.2, 0.25) is 0 Å². The van der Waals surface area contributed by atoms with E-state index in [1.54, 1.807) is 0 Å². The quantitative estimate of drug-likeness (QED) is 0.296. The summed E-state index contributed by atoms with van der Waals surface area (Å²) in [6.45, 7) is 13.5. The van der Waals surface area contributed by atoms with Gasteiger partial charge < -0.3 is 25.2 Å². The third-order valence-corrected chi connectivity index (χ3v) is 4.56. The SMILES string of the molecule is CCNC(=NCc1ccc(C)cc1OCCOCC)NCC(O)(CC)CC. The minimum Gasteiger partial charge on any atom is -0.491 e. The number of aliphatic hydroxyl groups is 1. The van der Waals surface area contributed by atoms with Gasteiger partial charge in [-0.25, -0.2) is 4.99 Å². The van der Waals surface area contributed by atoms with Crippen molar-refractivity contribution in [3.8, 4) is 5.75 Å². The summed E-state index contributed by atoms with van der Waals surface area (Å²) < 4.78 is 11.2. The molecule has 1 aromatic rings. The fourth-order valence-corrected chi connectivity index (χ4v) is 2.54. The van der Waals surface area contributed by atoms with Crippen LogP contribution >= 0.6 is 0 Å². The van der Waals surface area contributed by atoms with Crippen molar-refractivity contribution in [1.29, 1.82) is 0 Å². The molecule has 0 saturated heterocycles. The van der Waals surface area contributed by atoms with Gasteiger partial charge in [0.15, 0.2) is 5.96 Å². The van der Waals surface area contributed by atoms with Crippen molar-refractivity contribution in [3.05, 3.63) is 29.3 Å². The Bertz CT molecular complexity index is 572. The maximum Gasteiger partial charge on any atom is 0.191 e. The van der Waals surface area contributed by atoms with Crippen LogP contribution in [0, 0.1) is 6.92 Å². The molecule has 3 N–H and O–H groups in total. The zero-order valence-corrected chi connectivity index (χ0v) is 17.6. The number of guanidine groups is 1. The highest BCUT2D eigenvalue weighted by Gasteiger charge is 2.22. The lowest BCUT2D eigenvalue weighted by Gasteiger charge is -2.26. The van der Waals surface area contributed by atoms with Gasteiger partial charge in [-0.2, -0.15) is 0 Å². The van der Waals surface area contributed by atoms with E-state index in [0.29, 0.717) is 51.7 Å². The molecule has 0 aliphatic heterocycles. The monoisotopic (exact) mass is 379 g/mol. The molecule has 0 aliphatic carbocycles. The van der Waals surface area contributed by atoms with Gasteiger partial charge in [-0.05, 0) is 45.2 Å². The molecule has 0 bridgehead atoms. The fourth-order valence-electron chi connectivity index (χ4n) is 2.54. The number of aliphatic imine (C=N–C) groups is 1. The number of hydrogen-bond acceptors (Lipinski definition) is 4. The van der Waals surface area contributed by atoms with Crippen LogP contribution in [-0.4, -0.2) is 49.6 Å². The maximum absolute atomic E-state index is 10.5. The number of nitrogens with one attached hydrogen (secondary N) is 2. The van der Waals surface area contributed by atoms with E-state index in [0.717, 1.165) is 23.4 Å². The van der Waals surface area contributed by atoms with Crippen LogP contribution in [0.15, 0.2) is 23.2 Å².